The van der Waals surface area contributed by atoms with E-state index in [1.54, 1.807) is 12.1 Å². The molecule has 0 amide bonds. The SMILES string of the molecule is CC(NCC(C(C)C)N(C)C)c1ccc(OC(F)F)cc1. The van der Waals surface area contributed by atoms with Crippen molar-refractivity contribution in [1.29, 1.82) is 0 Å². The number of alkyl halides is 2. The summed E-state index contributed by atoms with van der Waals surface area (Å²) in [4.78, 5) is 2.21. The molecule has 0 heterocycles. The number of likely N-dealkylation sites (N-methyl/N-ethyl adjacent to an activating group) is 1. The van der Waals surface area contributed by atoms with Crippen molar-refractivity contribution in [2.75, 3.05) is 20.6 Å². The summed E-state index contributed by atoms with van der Waals surface area (Å²) in [6.45, 7) is 4.57. The zero-order chi connectivity index (χ0) is 16.0. The largest absolute Gasteiger partial charge is 0.435 e. The lowest BCUT2D eigenvalue weighted by atomic mass is 10.0. The van der Waals surface area contributed by atoms with E-state index in [4.69, 9.17) is 0 Å². The Hall–Kier alpha value is -1.20. The van der Waals surface area contributed by atoms with Gasteiger partial charge in [0.2, 0.25) is 0 Å². The molecule has 0 aromatic heterocycles. The maximum absolute atomic E-state index is 12.1. The van der Waals surface area contributed by atoms with Crippen LogP contribution < -0.4 is 10.1 Å². The fourth-order valence-electron chi connectivity index (χ4n) is 2.37. The van der Waals surface area contributed by atoms with Crippen LogP contribution in [0.1, 0.15) is 32.4 Å². The molecule has 0 radical (unpaired) electrons. The van der Waals surface area contributed by atoms with E-state index in [0.717, 1.165) is 12.1 Å². The van der Waals surface area contributed by atoms with Crippen molar-refractivity contribution in [3.63, 3.8) is 0 Å². The predicted molar refractivity (Wildman–Crippen MR) is 81.8 cm³/mol. The lowest BCUT2D eigenvalue weighted by Crippen LogP contribution is -2.42. The standard InChI is InChI=1S/C16H26F2N2O/c1-11(2)15(20(4)5)10-19-12(3)13-6-8-14(9-7-13)21-16(17)18/h6-9,11-12,15-16,19H,10H2,1-5H3. The fourth-order valence-corrected chi connectivity index (χ4v) is 2.37. The van der Waals surface area contributed by atoms with E-state index < -0.39 is 6.61 Å². The van der Waals surface area contributed by atoms with Crippen molar-refractivity contribution in [2.24, 2.45) is 5.92 Å². The molecule has 5 heteroatoms. The van der Waals surface area contributed by atoms with Gasteiger partial charge in [-0.25, -0.2) is 0 Å². The molecule has 0 aliphatic heterocycles. The number of ether oxygens (including phenoxy) is 1. The predicted octanol–water partition coefficient (Wildman–Crippen LogP) is 3.52. The molecule has 2 unspecified atom stereocenters. The van der Waals surface area contributed by atoms with Crippen LogP contribution in [0.3, 0.4) is 0 Å². The number of hydrogen-bond donors (Lipinski definition) is 1. The first-order valence-electron chi connectivity index (χ1n) is 7.25. The first-order chi connectivity index (χ1) is 9.81. The molecule has 1 N–H and O–H groups in total. The molecular formula is C16H26F2N2O. The molecule has 120 valence electrons. The Morgan fingerprint density at radius 1 is 1.10 bits per heavy atom. The Balaban J connectivity index is 2.57. The van der Waals surface area contributed by atoms with Gasteiger partial charge in [-0.3, -0.25) is 0 Å². The second kappa shape index (κ2) is 8.29. The summed E-state index contributed by atoms with van der Waals surface area (Å²) >= 11 is 0. The van der Waals surface area contributed by atoms with Gasteiger partial charge in [0.25, 0.3) is 0 Å². The van der Waals surface area contributed by atoms with Crippen molar-refractivity contribution < 1.29 is 13.5 Å². The smallest absolute Gasteiger partial charge is 0.387 e. The molecule has 2 atom stereocenters. The van der Waals surface area contributed by atoms with Gasteiger partial charge in [0.15, 0.2) is 0 Å². The molecule has 3 nitrogen and oxygen atoms in total. The van der Waals surface area contributed by atoms with Crippen LogP contribution in [0.5, 0.6) is 5.75 Å². The van der Waals surface area contributed by atoms with Gasteiger partial charge in [0, 0.05) is 18.6 Å². The van der Waals surface area contributed by atoms with Crippen LogP contribution in [0, 0.1) is 5.92 Å². The molecule has 0 spiro atoms. The Morgan fingerprint density at radius 2 is 1.67 bits per heavy atom. The molecular weight excluding hydrogens is 274 g/mol. The summed E-state index contributed by atoms with van der Waals surface area (Å²) in [6.07, 6.45) is 0. The lowest BCUT2D eigenvalue weighted by Gasteiger charge is -2.29. The van der Waals surface area contributed by atoms with Crippen LogP contribution in [0.2, 0.25) is 0 Å². The summed E-state index contributed by atoms with van der Waals surface area (Å²) < 4.78 is 28.6. The minimum Gasteiger partial charge on any atom is -0.435 e. The van der Waals surface area contributed by atoms with E-state index in [9.17, 15) is 8.78 Å². The van der Waals surface area contributed by atoms with E-state index in [2.05, 4.69) is 49.8 Å². The van der Waals surface area contributed by atoms with Crippen molar-refractivity contribution >= 4 is 0 Å². The van der Waals surface area contributed by atoms with Gasteiger partial charge in [0.1, 0.15) is 5.75 Å². The summed E-state index contributed by atoms with van der Waals surface area (Å²) in [5, 5.41) is 3.49. The second-order valence-electron chi connectivity index (χ2n) is 5.85. The molecule has 0 saturated heterocycles. The van der Waals surface area contributed by atoms with Gasteiger partial charge in [-0.05, 0) is 44.6 Å². The van der Waals surface area contributed by atoms with Crippen LogP contribution in [-0.2, 0) is 0 Å². The second-order valence-corrected chi connectivity index (χ2v) is 5.85. The third-order valence-electron chi connectivity index (χ3n) is 3.67. The van der Waals surface area contributed by atoms with Crippen LogP contribution in [0.25, 0.3) is 0 Å². The van der Waals surface area contributed by atoms with Gasteiger partial charge in [-0.1, -0.05) is 26.0 Å². The van der Waals surface area contributed by atoms with Gasteiger partial charge >= 0.3 is 6.61 Å². The van der Waals surface area contributed by atoms with Crippen LogP contribution in [0.4, 0.5) is 8.78 Å². The fraction of sp³-hybridized carbons (Fsp3) is 0.625. The molecule has 0 aliphatic rings. The molecule has 1 aromatic rings. The van der Waals surface area contributed by atoms with Crippen molar-refractivity contribution in [3.05, 3.63) is 29.8 Å². The minimum absolute atomic E-state index is 0.159. The number of benzene rings is 1. The maximum Gasteiger partial charge on any atom is 0.387 e. The molecule has 0 aliphatic carbocycles. The van der Waals surface area contributed by atoms with Gasteiger partial charge in [-0.15, -0.1) is 0 Å². The molecule has 0 saturated carbocycles. The number of rotatable bonds is 8. The first-order valence-corrected chi connectivity index (χ1v) is 7.25. The zero-order valence-corrected chi connectivity index (χ0v) is 13.4. The van der Waals surface area contributed by atoms with E-state index in [1.165, 1.54) is 0 Å². The summed E-state index contributed by atoms with van der Waals surface area (Å²) in [7, 11) is 4.15. The Labute approximate surface area is 126 Å². The zero-order valence-electron chi connectivity index (χ0n) is 13.4. The highest BCUT2D eigenvalue weighted by atomic mass is 19.3. The average Bonchev–Trinajstić information content (AvgIpc) is 2.38. The summed E-state index contributed by atoms with van der Waals surface area (Å²) in [5.41, 5.74) is 1.05. The van der Waals surface area contributed by atoms with Crippen molar-refractivity contribution in [1.82, 2.24) is 10.2 Å². The third-order valence-corrected chi connectivity index (χ3v) is 3.67. The first kappa shape index (κ1) is 17.9. The highest BCUT2D eigenvalue weighted by Gasteiger charge is 2.16. The van der Waals surface area contributed by atoms with Crippen molar-refractivity contribution in [3.8, 4) is 5.75 Å². The number of nitrogens with zero attached hydrogens (tertiary/aromatic N) is 1. The summed E-state index contributed by atoms with van der Waals surface area (Å²) in [6, 6.07) is 7.39. The highest BCUT2D eigenvalue weighted by molar-refractivity contribution is 5.28. The Kier molecular flexibility index (Phi) is 7.05. The van der Waals surface area contributed by atoms with E-state index in [-0.39, 0.29) is 11.8 Å². The van der Waals surface area contributed by atoms with Crippen LogP contribution >= 0.6 is 0 Å². The van der Waals surface area contributed by atoms with E-state index >= 15 is 0 Å². The number of nitrogens with one attached hydrogen (secondary N) is 1. The Bertz CT molecular complexity index is 399. The normalized spacial score (nSPS) is 14.8. The van der Waals surface area contributed by atoms with Gasteiger partial charge in [-0.2, -0.15) is 8.78 Å². The molecule has 0 fully saturated rings. The molecule has 21 heavy (non-hydrogen) atoms. The van der Waals surface area contributed by atoms with E-state index in [1.807, 2.05) is 12.1 Å². The van der Waals surface area contributed by atoms with Gasteiger partial charge < -0.3 is 15.0 Å². The topological polar surface area (TPSA) is 24.5 Å². The molecule has 1 rings (SSSR count). The Morgan fingerprint density at radius 3 is 2.10 bits per heavy atom. The highest BCUT2D eigenvalue weighted by Crippen LogP contribution is 2.19. The number of hydrogen-bond acceptors (Lipinski definition) is 3. The average molecular weight is 300 g/mol. The van der Waals surface area contributed by atoms with Crippen LogP contribution in [-0.4, -0.2) is 38.2 Å². The van der Waals surface area contributed by atoms with Crippen molar-refractivity contribution in [2.45, 2.75) is 39.5 Å². The van der Waals surface area contributed by atoms with Crippen LogP contribution in [0.15, 0.2) is 24.3 Å². The maximum atomic E-state index is 12.1. The van der Waals surface area contributed by atoms with Gasteiger partial charge in [0.05, 0.1) is 0 Å². The quantitative estimate of drug-likeness (QED) is 0.795. The molecule has 1 aromatic carbocycles. The number of halogens is 2. The molecule has 0 bridgehead atoms. The monoisotopic (exact) mass is 300 g/mol. The minimum atomic E-state index is -2.78. The third kappa shape index (κ3) is 5.98. The van der Waals surface area contributed by atoms with E-state index in [0.29, 0.717) is 12.0 Å². The summed E-state index contributed by atoms with van der Waals surface area (Å²) in [5.74, 6) is 0.746. The lowest BCUT2D eigenvalue weighted by molar-refractivity contribution is -0.0498.